The lowest BCUT2D eigenvalue weighted by Gasteiger charge is -2.05. The fourth-order valence-corrected chi connectivity index (χ4v) is 3.07. The van der Waals surface area contributed by atoms with Crippen LogP contribution in [0.2, 0.25) is 0 Å². The van der Waals surface area contributed by atoms with Gasteiger partial charge in [-0.25, -0.2) is 0 Å². The van der Waals surface area contributed by atoms with Crippen LogP contribution in [0, 0.1) is 6.92 Å². The number of hydrogen-bond acceptors (Lipinski definition) is 3. The first kappa shape index (κ1) is 14.2. The number of amides is 1. The predicted molar refractivity (Wildman–Crippen MR) is 82.1 cm³/mol. The molecular formula is C16H18N2O2S. The quantitative estimate of drug-likeness (QED) is 0.874. The number of thiazole rings is 1. The molecule has 0 bridgehead atoms. The minimum Gasteiger partial charge on any atom is -0.368 e. The lowest BCUT2D eigenvalue weighted by Crippen LogP contribution is -2.23. The predicted octanol–water partition coefficient (Wildman–Crippen LogP) is 2.51. The van der Waals surface area contributed by atoms with Crippen LogP contribution in [0.3, 0.4) is 0 Å². The Morgan fingerprint density at radius 3 is 2.95 bits per heavy atom. The van der Waals surface area contributed by atoms with Gasteiger partial charge in [-0.2, -0.15) is 4.99 Å². The molecule has 1 fully saturated rings. The highest BCUT2D eigenvalue weighted by molar-refractivity contribution is 7.07. The van der Waals surface area contributed by atoms with Crippen LogP contribution in [0.15, 0.2) is 40.8 Å². The lowest BCUT2D eigenvalue weighted by molar-refractivity contribution is -0.126. The average molecular weight is 302 g/mol. The van der Waals surface area contributed by atoms with Crippen LogP contribution in [-0.2, 0) is 16.1 Å². The van der Waals surface area contributed by atoms with Gasteiger partial charge in [-0.1, -0.05) is 29.8 Å². The van der Waals surface area contributed by atoms with Crippen LogP contribution < -0.4 is 4.80 Å². The molecule has 1 amide bonds. The Morgan fingerprint density at radius 2 is 2.24 bits per heavy atom. The van der Waals surface area contributed by atoms with Crippen LogP contribution >= 0.6 is 11.3 Å². The van der Waals surface area contributed by atoms with Gasteiger partial charge in [-0.05, 0) is 25.3 Å². The molecule has 110 valence electrons. The number of rotatable bonds is 3. The Kier molecular flexibility index (Phi) is 4.31. The third kappa shape index (κ3) is 3.49. The summed E-state index contributed by atoms with van der Waals surface area (Å²) in [7, 11) is 0. The van der Waals surface area contributed by atoms with Crippen molar-refractivity contribution in [3.05, 3.63) is 51.8 Å². The van der Waals surface area contributed by atoms with Crippen molar-refractivity contribution in [2.24, 2.45) is 4.99 Å². The number of hydrogen-bond donors (Lipinski definition) is 0. The zero-order valence-corrected chi connectivity index (χ0v) is 12.8. The average Bonchev–Trinajstić information content (AvgIpc) is 3.14. The van der Waals surface area contributed by atoms with Crippen molar-refractivity contribution in [1.29, 1.82) is 0 Å². The Morgan fingerprint density at radius 1 is 1.43 bits per heavy atom. The SMILES string of the molecule is Cc1ccc(Cn2ccsc2=NC(=O)C2CCCO2)cc1. The van der Waals surface area contributed by atoms with Crippen LogP contribution in [0.25, 0.3) is 0 Å². The van der Waals surface area contributed by atoms with E-state index in [0.717, 1.165) is 24.2 Å². The second-order valence-corrected chi connectivity index (χ2v) is 6.12. The summed E-state index contributed by atoms with van der Waals surface area (Å²) in [6.45, 7) is 3.46. The first-order valence-corrected chi connectivity index (χ1v) is 8.00. The van der Waals surface area contributed by atoms with Crippen LogP contribution in [-0.4, -0.2) is 23.2 Å². The molecule has 1 aromatic heterocycles. The Balaban J connectivity index is 1.80. The number of aromatic nitrogens is 1. The van der Waals surface area contributed by atoms with E-state index in [1.807, 2.05) is 16.1 Å². The summed E-state index contributed by atoms with van der Waals surface area (Å²) in [4.78, 5) is 17.0. The molecule has 4 nitrogen and oxygen atoms in total. The van der Waals surface area contributed by atoms with E-state index in [2.05, 4.69) is 36.2 Å². The number of nitrogens with zero attached hydrogens (tertiary/aromatic N) is 2. The van der Waals surface area contributed by atoms with Gasteiger partial charge in [0.25, 0.3) is 5.91 Å². The minimum absolute atomic E-state index is 0.160. The molecule has 0 radical (unpaired) electrons. The van der Waals surface area contributed by atoms with E-state index in [9.17, 15) is 4.79 Å². The van der Waals surface area contributed by atoms with E-state index in [1.54, 1.807) is 0 Å². The largest absolute Gasteiger partial charge is 0.368 e. The van der Waals surface area contributed by atoms with Crippen molar-refractivity contribution in [2.75, 3.05) is 6.61 Å². The van der Waals surface area contributed by atoms with E-state index in [0.29, 0.717) is 6.61 Å². The fourth-order valence-electron chi connectivity index (χ4n) is 2.34. The summed E-state index contributed by atoms with van der Waals surface area (Å²) < 4.78 is 7.39. The first-order chi connectivity index (χ1) is 10.2. The summed E-state index contributed by atoms with van der Waals surface area (Å²) in [6.07, 6.45) is 3.34. The Hall–Kier alpha value is -1.72. The molecule has 1 unspecified atom stereocenters. The lowest BCUT2D eigenvalue weighted by atomic mass is 10.1. The van der Waals surface area contributed by atoms with E-state index < -0.39 is 0 Å². The summed E-state index contributed by atoms with van der Waals surface area (Å²) in [5, 5.41) is 1.95. The van der Waals surface area contributed by atoms with Gasteiger partial charge in [0.2, 0.25) is 0 Å². The molecule has 1 saturated heterocycles. The zero-order chi connectivity index (χ0) is 14.7. The highest BCUT2D eigenvalue weighted by Gasteiger charge is 2.23. The molecule has 5 heteroatoms. The van der Waals surface area contributed by atoms with E-state index in [-0.39, 0.29) is 12.0 Å². The molecular weight excluding hydrogens is 284 g/mol. The van der Waals surface area contributed by atoms with Crippen LogP contribution in [0.4, 0.5) is 0 Å². The van der Waals surface area contributed by atoms with Crippen molar-refractivity contribution in [3.8, 4) is 0 Å². The van der Waals surface area contributed by atoms with Gasteiger partial charge in [0.15, 0.2) is 4.80 Å². The third-order valence-corrected chi connectivity index (χ3v) is 4.34. The molecule has 1 atom stereocenters. The highest BCUT2D eigenvalue weighted by atomic mass is 32.1. The molecule has 21 heavy (non-hydrogen) atoms. The van der Waals surface area contributed by atoms with Gasteiger partial charge < -0.3 is 9.30 Å². The van der Waals surface area contributed by atoms with Gasteiger partial charge in [-0.3, -0.25) is 4.79 Å². The topological polar surface area (TPSA) is 43.6 Å². The van der Waals surface area contributed by atoms with Crippen molar-refractivity contribution < 1.29 is 9.53 Å². The molecule has 1 aliphatic heterocycles. The fraction of sp³-hybridized carbons (Fsp3) is 0.375. The summed E-state index contributed by atoms with van der Waals surface area (Å²) in [5.74, 6) is -0.160. The number of aryl methyl sites for hydroxylation is 1. The van der Waals surface area contributed by atoms with Gasteiger partial charge >= 0.3 is 0 Å². The van der Waals surface area contributed by atoms with Gasteiger partial charge in [0, 0.05) is 24.7 Å². The monoisotopic (exact) mass is 302 g/mol. The van der Waals surface area contributed by atoms with Crippen molar-refractivity contribution in [3.63, 3.8) is 0 Å². The van der Waals surface area contributed by atoms with E-state index >= 15 is 0 Å². The number of carbonyl (C=O) groups is 1. The summed E-state index contributed by atoms with van der Waals surface area (Å²) in [5.41, 5.74) is 2.44. The maximum atomic E-state index is 12.1. The van der Waals surface area contributed by atoms with E-state index in [1.165, 1.54) is 22.5 Å². The van der Waals surface area contributed by atoms with Gasteiger partial charge in [0.05, 0.1) is 0 Å². The number of carbonyl (C=O) groups excluding carboxylic acids is 1. The normalized spacial score (nSPS) is 19.1. The van der Waals surface area contributed by atoms with Crippen molar-refractivity contribution in [1.82, 2.24) is 4.57 Å². The second kappa shape index (κ2) is 6.37. The molecule has 3 rings (SSSR count). The Labute approximate surface area is 127 Å². The number of benzene rings is 1. The molecule has 2 aromatic rings. The van der Waals surface area contributed by atoms with Crippen molar-refractivity contribution in [2.45, 2.75) is 32.4 Å². The standard InChI is InChI=1S/C16H18N2O2S/c1-12-4-6-13(7-5-12)11-18-8-10-21-16(18)17-15(19)14-3-2-9-20-14/h4-8,10,14H,2-3,9,11H2,1H3. The smallest absolute Gasteiger partial charge is 0.277 e. The second-order valence-electron chi connectivity index (χ2n) is 5.25. The summed E-state index contributed by atoms with van der Waals surface area (Å²) in [6, 6.07) is 8.39. The molecule has 0 saturated carbocycles. The minimum atomic E-state index is -0.347. The first-order valence-electron chi connectivity index (χ1n) is 7.12. The maximum absolute atomic E-state index is 12.1. The van der Waals surface area contributed by atoms with Crippen molar-refractivity contribution >= 4 is 17.2 Å². The van der Waals surface area contributed by atoms with Crippen LogP contribution in [0.5, 0.6) is 0 Å². The maximum Gasteiger partial charge on any atom is 0.277 e. The molecule has 1 aromatic carbocycles. The summed E-state index contributed by atoms with van der Waals surface area (Å²) >= 11 is 1.48. The van der Waals surface area contributed by atoms with Gasteiger partial charge in [-0.15, -0.1) is 11.3 Å². The highest BCUT2D eigenvalue weighted by Crippen LogP contribution is 2.13. The van der Waals surface area contributed by atoms with Gasteiger partial charge in [0.1, 0.15) is 6.10 Å². The molecule has 2 heterocycles. The van der Waals surface area contributed by atoms with E-state index in [4.69, 9.17) is 4.74 Å². The zero-order valence-electron chi connectivity index (χ0n) is 12.0. The molecule has 0 spiro atoms. The molecule has 0 N–H and O–H groups in total. The Bertz CT molecular complexity index is 679. The third-order valence-electron chi connectivity index (χ3n) is 3.54. The van der Waals surface area contributed by atoms with Crippen LogP contribution in [0.1, 0.15) is 24.0 Å². The number of ether oxygens (including phenoxy) is 1. The molecule has 1 aliphatic rings. The molecule has 0 aliphatic carbocycles.